The summed E-state index contributed by atoms with van der Waals surface area (Å²) < 4.78 is 25.9. The van der Waals surface area contributed by atoms with Crippen LogP contribution in [0.3, 0.4) is 0 Å². The molecule has 1 atom stereocenters. The highest BCUT2D eigenvalue weighted by Gasteiger charge is 2.18. The summed E-state index contributed by atoms with van der Waals surface area (Å²) in [6.07, 6.45) is 1.71. The van der Waals surface area contributed by atoms with E-state index in [2.05, 4.69) is 4.98 Å². The van der Waals surface area contributed by atoms with Crippen LogP contribution in [0.4, 0.5) is 0 Å². The fourth-order valence-electron chi connectivity index (χ4n) is 2.77. The molecule has 6 nitrogen and oxygen atoms in total. The molecule has 7 heteroatoms. The lowest BCUT2D eigenvalue weighted by Crippen LogP contribution is -2.29. The Kier molecular flexibility index (Phi) is 5.77. The molecule has 0 saturated heterocycles. The Morgan fingerprint density at radius 3 is 2.54 bits per heavy atom. The molecule has 0 saturated carbocycles. The smallest absolute Gasteiger partial charge is 0.301 e. The molecule has 1 aromatic heterocycles. The Hall–Kier alpha value is -2.15. The standard InChI is InChI=1S/C17H22N2O4S/c1-13-6-3-4-7-15(13)14(2)12-24(22,23)11-5-9-19-10-8-16(20)18-17(19)21/h3-4,6-8,10,14H,5,9,11-12H2,1-2H3,(H,18,20,21)/t14-/m0/s1. The quantitative estimate of drug-likeness (QED) is 0.818. The summed E-state index contributed by atoms with van der Waals surface area (Å²) in [6.45, 7) is 4.14. The van der Waals surface area contributed by atoms with Crippen molar-refractivity contribution >= 4 is 9.84 Å². The van der Waals surface area contributed by atoms with Crippen molar-refractivity contribution in [3.8, 4) is 0 Å². The second kappa shape index (κ2) is 7.61. The molecule has 2 aromatic rings. The van der Waals surface area contributed by atoms with Crippen LogP contribution in [0.2, 0.25) is 0 Å². The van der Waals surface area contributed by atoms with Gasteiger partial charge in [-0.3, -0.25) is 9.78 Å². The van der Waals surface area contributed by atoms with Gasteiger partial charge in [-0.2, -0.15) is 0 Å². The molecule has 1 aromatic carbocycles. The van der Waals surface area contributed by atoms with Gasteiger partial charge in [-0.15, -0.1) is 0 Å². The Bertz CT molecular complexity index is 912. The molecule has 0 spiro atoms. The molecule has 24 heavy (non-hydrogen) atoms. The van der Waals surface area contributed by atoms with Crippen LogP contribution >= 0.6 is 0 Å². The van der Waals surface area contributed by atoms with E-state index >= 15 is 0 Å². The summed E-state index contributed by atoms with van der Waals surface area (Å²) in [5.41, 5.74) is 1.14. The first kappa shape index (κ1) is 18.2. The first-order chi connectivity index (χ1) is 11.3. The highest BCUT2D eigenvalue weighted by Crippen LogP contribution is 2.21. The first-order valence-corrected chi connectivity index (χ1v) is 9.66. The molecule has 130 valence electrons. The maximum atomic E-state index is 12.3. The number of sulfone groups is 1. The number of H-pyrrole nitrogens is 1. The lowest BCUT2D eigenvalue weighted by molar-refractivity contribution is 0.576. The van der Waals surface area contributed by atoms with Gasteiger partial charge >= 0.3 is 5.69 Å². The van der Waals surface area contributed by atoms with E-state index in [1.807, 2.05) is 38.1 Å². The molecular weight excluding hydrogens is 328 g/mol. The molecule has 1 heterocycles. The van der Waals surface area contributed by atoms with Gasteiger partial charge in [0.15, 0.2) is 9.84 Å². The molecule has 0 fully saturated rings. The van der Waals surface area contributed by atoms with Crippen molar-refractivity contribution in [2.45, 2.75) is 32.7 Å². The summed E-state index contributed by atoms with van der Waals surface area (Å²) in [7, 11) is -3.22. The van der Waals surface area contributed by atoms with Crippen LogP contribution in [0.25, 0.3) is 0 Å². The number of aromatic nitrogens is 2. The zero-order chi connectivity index (χ0) is 17.7. The maximum absolute atomic E-state index is 12.3. The normalized spacial score (nSPS) is 12.9. The topological polar surface area (TPSA) is 89.0 Å². The molecule has 0 unspecified atom stereocenters. The van der Waals surface area contributed by atoms with E-state index in [0.29, 0.717) is 6.42 Å². The second-order valence-corrected chi connectivity index (χ2v) is 8.26. The minimum Gasteiger partial charge on any atom is -0.301 e. The van der Waals surface area contributed by atoms with Gasteiger partial charge in [-0.25, -0.2) is 13.2 Å². The number of rotatable bonds is 7. The van der Waals surface area contributed by atoms with E-state index in [1.165, 1.54) is 16.8 Å². The maximum Gasteiger partial charge on any atom is 0.328 e. The number of hydrogen-bond donors (Lipinski definition) is 1. The van der Waals surface area contributed by atoms with Crippen molar-refractivity contribution in [2.24, 2.45) is 0 Å². The summed E-state index contributed by atoms with van der Waals surface area (Å²) in [4.78, 5) is 24.7. The Labute approximate surface area is 141 Å². The zero-order valence-corrected chi connectivity index (χ0v) is 14.7. The van der Waals surface area contributed by atoms with Crippen LogP contribution in [-0.4, -0.2) is 29.5 Å². The minimum absolute atomic E-state index is 0.00872. The van der Waals surface area contributed by atoms with Crippen molar-refractivity contribution in [3.63, 3.8) is 0 Å². The van der Waals surface area contributed by atoms with E-state index < -0.39 is 21.1 Å². The fourth-order valence-corrected chi connectivity index (χ4v) is 4.45. The third kappa shape index (κ3) is 4.92. The van der Waals surface area contributed by atoms with Crippen molar-refractivity contribution < 1.29 is 8.42 Å². The Balaban J connectivity index is 1.95. The summed E-state index contributed by atoms with van der Waals surface area (Å²) in [6, 6.07) is 9.02. The van der Waals surface area contributed by atoms with Crippen LogP contribution < -0.4 is 11.2 Å². The number of nitrogens with one attached hydrogen (secondary N) is 1. The number of benzene rings is 1. The zero-order valence-electron chi connectivity index (χ0n) is 13.9. The number of aromatic amines is 1. The SMILES string of the molecule is Cc1ccccc1[C@@H](C)CS(=O)(=O)CCCn1ccc(=O)[nH]c1=O. The van der Waals surface area contributed by atoms with Crippen molar-refractivity contribution in [1.29, 1.82) is 0 Å². The van der Waals surface area contributed by atoms with Crippen LogP contribution in [0, 0.1) is 6.92 Å². The van der Waals surface area contributed by atoms with Gasteiger partial charge in [0, 0.05) is 18.8 Å². The van der Waals surface area contributed by atoms with Crippen LogP contribution in [0.5, 0.6) is 0 Å². The summed E-state index contributed by atoms with van der Waals surface area (Å²) in [5.74, 6) is 0.0136. The predicted molar refractivity (Wildman–Crippen MR) is 94.2 cm³/mol. The third-order valence-corrected chi connectivity index (χ3v) is 5.89. The molecule has 2 rings (SSSR count). The van der Waals surface area contributed by atoms with Crippen molar-refractivity contribution in [1.82, 2.24) is 9.55 Å². The molecule has 0 aliphatic rings. The lowest BCUT2D eigenvalue weighted by atomic mass is 9.98. The van der Waals surface area contributed by atoms with Crippen molar-refractivity contribution in [2.75, 3.05) is 11.5 Å². The predicted octanol–water partition coefficient (Wildman–Crippen LogP) is 1.45. The minimum atomic E-state index is -3.22. The highest BCUT2D eigenvalue weighted by atomic mass is 32.2. The molecule has 0 aliphatic heterocycles. The fraction of sp³-hybridized carbons (Fsp3) is 0.412. The van der Waals surface area contributed by atoms with Crippen molar-refractivity contribution in [3.05, 3.63) is 68.5 Å². The lowest BCUT2D eigenvalue weighted by Gasteiger charge is -2.15. The van der Waals surface area contributed by atoms with Crippen LogP contribution in [0.1, 0.15) is 30.4 Å². The molecule has 0 aliphatic carbocycles. The second-order valence-electron chi connectivity index (χ2n) is 6.03. The average Bonchev–Trinajstić information content (AvgIpc) is 2.49. The largest absolute Gasteiger partial charge is 0.328 e. The van der Waals surface area contributed by atoms with E-state index in [9.17, 15) is 18.0 Å². The molecule has 0 amide bonds. The van der Waals surface area contributed by atoms with Gasteiger partial charge < -0.3 is 4.57 Å². The van der Waals surface area contributed by atoms with Crippen LogP contribution in [0.15, 0.2) is 46.1 Å². The number of nitrogens with zero attached hydrogens (tertiary/aromatic N) is 1. The third-order valence-electron chi connectivity index (χ3n) is 3.97. The summed E-state index contributed by atoms with van der Waals surface area (Å²) in [5, 5.41) is 0. The summed E-state index contributed by atoms with van der Waals surface area (Å²) >= 11 is 0. The number of aryl methyl sites for hydroxylation is 2. The average molecular weight is 350 g/mol. The van der Waals surface area contributed by atoms with Gasteiger partial charge in [0.2, 0.25) is 0 Å². The van der Waals surface area contributed by atoms with Gasteiger partial charge in [-0.05, 0) is 30.4 Å². The molecule has 0 bridgehead atoms. The van der Waals surface area contributed by atoms with E-state index in [4.69, 9.17) is 0 Å². The first-order valence-electron chi connectivity index (χ1n) is 7.84. The molecular formula is C17H22N2O4S. The monoisotopic (exact) mass is 350 g/mol. The van der Waals surface area contributed by atoms with E-state index in [1.54, 1.807) is 0 Å². The van der Waals surface area contributed by atoms with Gasteiger partial charge in [0.25, 0.3) is 5.56 Å². The van der Waals surface area contributed by atoms with Gasteiger partial charge in [0.1, 0.15) is 0 Å². The molecule has 0 radical (unpaired) electrons. The highest BCUT2D eigenvalue weighted by molar-refractivity contribution is 7.91. The van der Waals surface area contributed by atoms with Gasteiger partial charge in [-0.1, -0.05) is 31.2 Å². The Morgan fingerprint density at radius 1 is 1.17 bits per heavy atom. The number of hydrogen-bond acceptors (Lipinski definition) is 4. The van der Waals surface area contributed by atoms with E-state index in [0.717, 1.165) is 11.1 Å². The van der Waals surface area contributed by atoms with E-state index in [-0.39, 0.29) is 24.0 Å². The van der Waals surface area contributed by atoms with Gasteiger partial charge in [0.05, 0.1) is 11.5 Å². The Morgan fingerprint density at radius 2 is 1.88 bits per heavy atom. The molecule has 1 N–H and O–H groups in total. The van der Waals surface area contributed by atoms with Crippen LogP contribution in [-0.2, 0) is 16.4 Å².